The number of nitrogens with zero attached hydrogens (tertiary/aromatic N) is 1. The van der Waals surface area contributed by atoms with E-state index in [9.17, 15) is 9.59 Å². The number of aliphatic imine (C=N–C) groups is 1. The summed E-state index contributed by atoms with van der Waals surface area (Å²) in [4.78, 5) is 30.2. The van der Waals surface area contributed by atoms with E-state index in [0.717, 1.165) is 60.4 Å². The molecule has 1 aromatic rings. The summed E-state index contributed by atoms with van der Waals surface area (Å²) < 4.78 is 0. The summed E-state index contributed by atoms with van der Waals surface area (Å²) in [6, 6.07) is 6.06. The van der Waals surface area contributed by atoms with Crippen molar-refractivity contribution in [1.29, 1.82) is 0 Å². The molecular weight excluding hydrogens is 360 g/mol. The molecule has 0 aromatic heterocycles. The molecule has 1 aliphatic heterocycles. The molecule has 0 spiro atoms. The van der Waals surface area contributed by atoms with Crippen LogP contribution in [0.3, 0.4) is 0 Å². The molecule has 154 valence electrons. The Bertz CT molecular complexity index is 876. The van der Waals surface area contributed by atoms with Crippen molar-refractivity contribution in [1.82, 2.24) is 0 Å². The van der Waals surface area contributed by atoms with Gasteiger partial charge in [-0.2, -0.15) is 0 Å². The van der Waals surface area contributed by atoms with Gasteiger partial charge in [0.15, 0.2) is 0 Å². The summed E-state index contributed by atoms with van der Waals surface area (Å²) in [5.41, 5.74) is 3.70. The van der Waals surface area contributed by atoms with E-state index >= 15 is 0 Å². The normalized spacial score (nSPS) is 33.8. The number of hydrogen-bond donors (Lipinski definition) is 1. The van der Waals surface area contributed by atoms with Crippen LogP contribution in [0.2, 0.25) is 0 Å². The monoisotopic (exact) mass is 392 g/mol. The van der Waals surface area contributed by atoms with Gasteiger partial charge < -0.3 is 5.32 Å². The van der Waals surface area contributed by atoms with Crippen molar-refractivity contribution in [2.75, 3.05) is 5.32 Å². The summed E-state index contributed by atoms with van der Waals surface area (Å²) in [5, 5.41) is 2.88. The molecule has 0 atom stereocenters. The van der Waals surface area contributed by atoms with Crippen LogP contribution in [0.15, 0.2) is 23.2 Å². The number of ketones is 1. The van der Waals surface area contributed by atoms with Crippen molar-refractivity contribution in [3.63, 3.8) is 0 Å². The minimum Gasteiger partial charge on any atom is -0.326 e. The van der Waals surface area contributed by atoms with Crippen LogP contribution in [0.25, 0.3) is 0 Å². The number of carbonyl (C=O) groups is 2. The third-order valence-electron chi connectivity index (χ3n) is 7.76. The van der Waals surface area contributed by atoms with Gasteiger partial charge in [0.05, 0.1) is 11.3 Å². The molecule has 4 saturated carbocycles. The molecule has 4 heteroatoms. The van der Waals surface area contributed by atoms with Gasteiger partial charge in [-0.25, -0.2) is 0 Å². The molecule has 0 unspecified atom stereocenters. The predicted molar refractivity (Wildman–Crippen MR) is 115 cm³/mol. The van der Waals surface area contributed by atoms with Crippen LogP contribution in [0, 0.1) is 23.2 Å². The standard InChI is InChI=1S/C25H32N2O2/c1-15(28)26-20-5-4-19-14-24(2,3)27-22(21(19)9-20)10-23(29)25-11-16-6-17(12-25)8-18(7-16)13-25/h4-5,9,16-18H,6-8,10-14H2,1-3H3,(H,26,28). The minimum atomic E-state index is -0.195. The van der Waals surface area contributed by atoms with E-state index in [1.807, 2.05) is 12.1 Å². The van der Waals surface area contributed by atoms with Gasteiger partial charge in [0.1, 0.15) is 5.78 Å². The number of rotatable bonds is 4. The molecule has 5 aliphatic rings. The van der Waals surface area contributed by atoms with Gasteiger partial charge in [-0.3, -0.25) is 14.6 Å². The van der Waals surface area contributed by atoms with Crippen molar-refractivity contribution in [2.45, 2.75) is 77.7 Å². The van der Waals surface area contributed by atoms with Gasteiger partial charge in [-0.15, -0.1) is 0 Å². The Hall–Kier alpha value is -1.97. The van der Waals surface area contributed by atoms with Gasteiger partial charge in [-0.1, -0.05) is 6.07 Å². The largest absolute Gasteiger partial charge is 0.326 e. The molecule has 6 rings (SSSR count). The summed E-state index contributed by atoms with van der Waals surface area (Å²) in [6.07, 6.45) is 8.66. The first-order chi connectivity index (χ1) is 13.7. The van der Waals surface area contributed by atoms with E-state index < -0.39 is 0 Å². The van der Waals surface area contributed by atoms with Gasteiger partial charge in [0.25, 0.3) is 0 Å². The number of hydrogen-bond acceptors (Lipinski definition) is 3. The lowest BCUT2D eigenvalue weighted by Crippen LogP contribution is -2.50. The van der Waals surface area contributed by atoms with Gasteiger partial charge in [0, 0.05) is 30.0 Å². The highest BCUT2D eigenvalue weighted by Crippen LogP contribution is 2.60. The predicted octanol–water partition coefficient (Wildman–Crippen LogP) is 4.94. The minimum absolute atomic E-state index is 0.0794. The first-order valence-electron chi connectivity index (χ1n) is 11.2. The van der Waals surface area contributed by atoms with Crippen LogP contribution in [0.5, 0.6) is 0 Å². The average molecular weight is 393 g/mol. The van der Waals surface area contributed by atoms with E-state index in [1.165, 1.54) is 31.7 Å². The molecule has 1 N–H and O–H groups in total. The molecule has 4 bridgehead atoms. The Labute approximate surface area is 173 Å². The maximum atomic E-state index is 13.7. The number of amides is 1. The summed E-state index contributed by atoms with van der Waals surface area (Å²) in [7, 11) is 0. The number of nitrogens with one attached hydrogen (secondary N) is 1. The zero-order chi connectivity index (χ0) is 20.4. The lowest BCUT2D eigenvalue weighted by atomic mass is 9.48. The molecule has 29 heavy (non-hydrogen) atoms. The number of Topliss-reactive ketones (excluding diaryl/α,β-unsaturated/α-hetero) is 1. The van der Waals surface area contributed by atoms with E-state index in [4.69, 9.17) is 4.99 Å². The summed E-state index contributed by atoms with van der Waals surface area (Å²) in [5.74, 6) is 2.66. The Kier molecular flexibility index (Phi) is 4.27. The highest BCUT2D eigenvalue weighted by molar-refractivity contribution is 6.14. The third kappa shape index (κ3) is 3.45. The molecular formula is C25H32N2O2. The van der Waals surface area contributed by atoms with Crippen molar-refractivity contribution in [3.05, 3.63) is 29.3 Å². The fourth-order valence-corrected chi connectivity index (χ4v) is 7.14. The van der Waals surface area contributed by atoms with Crippen LogP contribution in [0.4, 0.5) is 5.69 Å². The Morgan fingerprint density at radius 3 is 2.28 bits per heavy atom. The van der Waals surface area contributed by atoms with E-state index in [1.54, 1.807) is 0 Å². The molecule has 4 fully saturated rings. The second kappa shape index (κ2) is 6.52. The quantitative estimate of drug-likeness (QED) is 0.788. The second-order valence-electron chi connectivity index (χ2n) is 10.9. The third-order valence-corrected chi connectivity index (χ3v) is 7.76. The zero-order valence-corrected chi connectivity index (χ0v) is 17.9. The number of carbonyl (C=O) groups excluding carboxylic acids is 2. The average Bonchev–Trinajstić information content (AvgIpc) is 2.60. The molecule has 1 amide bonds. The molecule has 1 heterocycles. The zero-order valence-electron chi connectivity index (χ0n) is 17.9. The lowest BCUT2D eigenvalue weighted by molar-refractivity contribution is -0.142. The number of benzene rings is 1. The van der Waals surface area contributed by atoms with Gasteiger partial charge >= 0.3 is 0 Å². The maximum absolute atomic E-state index is 13.7. The molecule has 1 aromatic carbocycles. The van der Waals surface area contributed by atoms with Crippen LogP contribution >= 0.6 is 0 Å². The second-order valence-corrected chi connectivity index (χ2v) is 10.9. The Balaban J connectivity index is 1.45. The van der Waals surface area contributed by atoms with Crippen molar-refractivity contribution >= 4 is 23.1 Å². The SMILES string of the molecule is CC(=O)Nc1ccc2c(c1)C(CC(=O)C13CC4CC(CC(C4)C1)C3)=NC(C)(C)C2. The van der Waals surface area contributed by atoms with Crippen LogP contribution in [-0.4, -0.2) is 22.9 Å². The lowest BCUT2D eigenvalue weighted by Gasteiger charge is -2.56. The van der Waals surface area contributed by atoms with Crippen molar-refractivity contribution < 1.29 is 9.59 Å². The first kappa shape index (κ1) is 19.0. The van der Waals surface area contributed by atoms with Gasteiger partial charge in [0.2, 0.25) is 5.91 Å². The Morgan fingerprint density at radius 1 is 1.07 bits per heavy atom. The first-order valence-corrected chi connectivity index (χ1v) is 11.2. The molecule has 4 nitrogen and oxygen atoms in total. The fourth-order valence-electron chi connectivity index (χ4n) is 7.14. The van der Waals surface area contributed by atoms with E-state index in [2.05, 4.69) is 25.2 Å². The van der Waals surface area contributed by atoms with Crippen LogP contribution < -0.4 is 5.32 Å². The summed E-state index contributed by atoms with van der Waals surface area (Å²) in [6.45, 7) is 5.81. The smallest absolute Gasteiger partial charge is 0.221 e. The van der Waals surface area contributed by atoms with Crippen molar-refractivity contribution in [2.24, 2.45) is 28.2 Å². The van der Waals surface area contributed by atoms with Gasteiger partial charge in [-0.05, 0) is 94.2 Å². The fraction of sp³-hybridized carbons (Fsp3) is 0.640. The number of anilines is 1. The molecule has 0 saturated heterocycles. The topological polar surface area (TPSA) is 58.5 Å². The van der Waals surface area contributed by atoms with Crippen LogP contribution in [-0.2, 0) is 16.0 Å². The number of fused-ring (bicyclic) bond motifs is 1. The van der Waals surface area contributed by atoms with E-state index in [-0.39, 0.29) is 16.9 Å². The van der Waals surface area contributed by atoms with Crippen LogP contribution in [0.1, 0.15) is 76.8 Å². The molecule has 0 radical (unpaired) electrons. The Morgan fingerprint density at radius 2 is 1.69 bits per heavy atom. The maximum Gasteiger partial charge on any atom is 0.221 e. The van der Waals surface area contributed by atoms with Crippen molar-refractivity contribution in [3.8, 4) is 0 Å². The highest BCUT2D eigenvalue weighted by atomic mass is 16.1. The molecule has 4 aliphatic carbocycles. The highest BCUT2D eigenvalue weighted by Gasteiger charge is 2.54. The summed E-state index contributed by atoms with van der Waals surface area (Å²) >= 11 is 0. The van der Waals surface area contributed by atoms with E-state index in [0.29, 0.717) is 12.2 Å².